The number of cyclic esters (lactones) is 2. The van der Waals surface area contributed by atoms with E-state index in [1.807, 2.05) is 14.1 Å². The number of fused-ring (bicyclic) bond motifs is 1. The van der Waals surface area contributed by atoms with Gasteiger partial charge in [-0.1, -0.05) is 109 Å². The molecule has 58 heavy (non-hydrogen) atoms. The van der Waals surface area contributed by atoms with Gasteiger partial charge in [-0.2, -0.15) is 0 Å². The fraction of sp³-hybridized carbons (Fsp3) is 0.837. The zero-order valence-corrected chi connectivity index (χ0v) is 37.4. The van der Waals surface area contributed by atoms with E-state index >= 15 is 0 Å². The fourth-order valence-corrected chi connectivity index (χ4v) is 8.22. The molecule has 0 aromatic heterocycles. The van der Waals surface area contributed by atoms with Gasteiger partial charge in [-0.05, 0) is 108 Å². The maximum atomic E-state index is 12.8. The first kappa shape index (κ1) is 51.5. The third kappa shape index (κ3) is 25.1. The second-order valence-electron chi connectivity index (χ2n) is 17.0. The predicted molar refractivity (Wildman–Crippen MR) is 232 cm³/mol. The van der Waals surface area contributed by atoms with Crippen LogP contribution in [0.2, 0.25) is 0 Å². The molecule has 0 bridgehead atoms. The Morgan fingerprint density at radius 3 is 1.64 bits per heavy atom. The van der Waals surface area contributed by atoms with Gasteiger partial charge in [0.1, 0.15) is 6.10 Å². The van der Waals surface area contributed by atoms with Gasteiger partial charge in [0.05, 0.1) is 25.4 Å². The first-order chi connectivity index (χ1) is 28.3. The van der Waals surface area contributed by atoms with Gasteiger partial charge in [0.15, 0.2) is 0 Å². The molecular formula is C49H83NO8. The molecule has 2 aliphatic rings. The highest BCUT2D eigenvalue weighted by Crippen LogP contribution is 2.33. The van der Waals surface area contributed by atoms with Crippen LogP contribution >= 0.6 is 0 Å². The van der Waals surface area contributed by atoms with Crippen LogP contribution in [0.5, 0.6) is 0 Å². The van der Waals surface area contributed by atoms with Crippen molar-refractivity contribution in [2.75, 3.05) is 47.1 Å². The van der Waals surface area contributed by atoms with E-state index in [9.17, 15) is 14.4 Å². The van der Waals surface area contributed by atoms with Crippen molar-refractivity contribution in [1.29, 1.82) is 0 Å². The van der Waals surface area contributed by atoms with Gasteiger partial charge >= 0.3 is 17.9 Å². The average Bonchev–Trinajstić information content (AvgIpc) is 3.57. The van der Waals surface area contributed by atoms with E-state index in [1.54, 1.807) is 0 Å². The van der Waals surface area contributed by atoms with Crippen LogP contribution < -0.4 is 0 Å². The Morgan fingerprint density at radius 2 is 1.17 bits per heavy atom. The fourth-order valence-electron chi connectivity index (χ4n) is 8.22. The van der Waals surface area contributed by atoms with E-state index in [1.165, 1.54) is 5.57 Å². The number of esters is 3. The zero-order chi connectivity index (χ0) is 42.1. The molecule has 1 saturated carbocycles. The highest BCUT2D eigenvalue weighted by molar-refractivity contribution is 5.70. The van der Waals surface area contributed by atoms with Gasteiger partial charge in [-0.25, -0.2) is 0 Å². The van der Waals surface area contributed by atoms with Gasteiger partial charge in [-0.15, -0.1) is 0 Å². The van der Waals surface area contributed by atoms with Crippen molar-refractivity contribution < 1.29 is 38.1 Å². The molecule has 9 heteroatoms. The second kappa shape index (κ2) is 34.1. The van der Waals surface area contributed by atoms with Gasteiger partial charge in [0, 0.05) is 45.3 Å². The molecule has 0 aromatic carbocycles. The summed E-state index contributed by atoms with van der Waals surface area (Å²) in [6, 6.07) is 0. The number of unbranched alkanes of at least 4 members (excludes halogenated alkanes) is 4. The zero-order valence-electron chi connectivity index (χ0n) is 37.4. The average molecular weight is 814 g/mol. The number of hydrogen-bond acceptors (Lipinski definition) is 9. The minimum Gasteiger partial charge on any atom is -0.466 e. The Bertz CT molecular complexity index is 1230. The Hall–Kier alpha value is -2.63. The lowest BCUT2D eigenvalue weighted by atomic mass is 9.79. The predicted octanol–water partition coefficient (Wildman–Crippen LogP) is 11.2. The van der Waals surface area contributed by atoms with Gasteiger partial charge in [0.25, 0.3) is 0 Å². The summed E-state index contributed by atoms with van der Waals surface area (Å²) in [5, 5.41) is 0. The number of hydrogen-bond donors (Lipinski definition) is 0. The minimum atomic E-state index is -0.171. The van der Waals surface area contributed by atoms with Crippen molar-refractivity contribution in [2.45, 2.75) is 206 Å². The maximum Gasteiger partial charge on any atom is 0.306 e. The summed E-state index contributed by atoms with van der Waals surface area (Å²) >= 11 is 0. The van der Waals surface area contributed by atoms with Crippen LogP contribution in [0.1, 0.15) is 187 Å². The van der Waals surface area contributed by atoms with Crippen molar-refractivity contribution in [3.8, 4) is 0 Å². The molecule has 9 nitrogen and oxygen atoms in total. The second-order valence-corrected chi connectivity index (χ2v) is 17.0. The van der Waals surface area contributed by atoms with Crippen LogP contribution in [0, 0.1) is 11.8 Å². The number of nitrogens with zero attached hydrogens (tertiary/aromatic N) is 1. The molecule has 2 rings (SSSR count). The van der Waals surface area contributed by atoms with Crippen LogP contribution in [0.4, 0.5) is 0 Å². The molecule has 332 valence electrons. The van der Waals surface area contributed by atoms with Crippen molar-refractivity contribution in [1.82, 2.24) is 4.90 Å². The van der Waals surface area contributed by atoms with Crippen molar-refractivity contribution in [3.05, 3.63) is 29.3 Å². The van der Waals surface area contributed by atoms with Crippen LogP contribution in [0.3, 0.4) is 0 Å². The Kier molecular flexibility index (Phi) is 30.3. The van der Waals surface area contributed by atoms with Gasteiger partial charge in [0.2, 0.25) is 0 Å². The quantitative estimate of drug-likeness (QED) is 0.0778. The highest BCUT2D eigenvalue weighted by atomic mass is 16.6. The first-order valence-corrected chi connectivity index (χ1v) is 23.6. The molecular weight excluding hydrogens is 731 g/mol. The number of carbonyl (C=O) groups is 3. The van der Waals surface area contributed by atoms with E-state index in [0.29, 0.717) is 58.5 Å². The summed E-state index contributed by atoms with van der Waals surface area (Å²) in [4.78, 5) is 40.2. The Labute approximate surface area is 353 Å². The summed E-state index contributed by atoms with van der Waals surface area (Å²) in [6.07, 6.45) is 24.3. The van der Waals surface area contributed by atoms with Crippen LogP contribution in [-0.2, 0) is 38.1 Å². The third-order valence-electron chi connectivity index (χ3n) is 11.6. The molecule has 0 N–H and O–H groups in total. The summed E-state index contributed by atoms with van der Waals surface area (Å²) in [7, 11) is 4.02. The SMILES string of the molecule is C=C=C=C=C1C(CCCCC)CCOC(=O)CCCCCCCCOC2CC(OC(=O)CCCN(C)C)CC2OCCCCCCCC(=O)OCCC1CCCCC. The molecule has 0 spiro atoms. The maximum absolute atomic E-state index is 12.8. The highest BCUT2D eigenvalue weighted by Gasteiger charge is 2.38. The van der Waals surface area contributed by atoms with E-state index in [2.05, 4.69) is 42.5 Å². The molecule has 0 amide bonds. The molecule has 5 atom stereocenters. The molecule has 1 aliphatic heterocycles. The summed E-state index contributed by atoms with van der Waals surface area (Å²) in [5.74, 6) is 0.0217. The molecule has 5 unspecified atom stereocenters. The summed E-state index contributed by atoms with van der Waals surface area (Å²) < 4.78 is 30.2. The van der Waals surface area contributed by atoms with Gasteiger partial charge in [-0.3, -0.25) is 14.4 Å². The van der Waals surface area contributed by atoms with E-state index < -0.39 is 0 Å². The standard InChI is InChI=1S/C49H83NO8/c1-6-9-19-26-41-32-37-56-47(51)29-21-15-12-13-17-23-35-54-45-39-43(58-49(53)31-25-34-50(4)5)40-46(45)55-36-24-18-14-16-22-30-48(52)57-38-33-42(27-20-10-7-2)44(41)28-11-8-3/h41-43,45-46H,3,6-7,9-10,12-27,29-40H2,1-2,4-5H3. The Balaban J connectivity index is 2.03. The molecule has 1 saturated heterocycles. The lowest BCUT2D eigenvalue weighted by Gasteiger charge is -2.26. The molecule has 1 aliphatic carbocycles. The van der Waals surface area contributed by atoms with Crippen molar-refractivity contribution in [3.63, 3.8) is 0 Å². The topological polar surface area (TPSA) is 101 Å². The number of carbonyl (C=O) groups excluding carboxylic acids is 3. The number of ether oxygens (including phenoxy) is 5. The smallest absolute Gasteiger partial charge is 0.306 e. The third-order valence-corrected chi connectivity index (χ3v) is 11.6. The monoisotopic (exact) mass is 814 g/mol. The van der Waals surface area contributed by atoms with Gasteiger partial charge < -0.3 is 28.6 Å². The van der Waals surface area contributed by atoms with Crippen LogP contribution in [-0.4, -0.2) is 88.2 Å². The first-order valence-electron chi connectivity index (χ1n) is 23.6. The van der Waals surface area contributed by atoms with E-state index in [0.717, 1.165) is 148 Å². The van der Waals surface area contributed by atoms with Crippen molar-refractivity contribution >= 4 is 17.9 Å². The Morgan fingerprint density at radius 1 is 0.690 bits per heavy atom. The van der Waals surface area contributed by atoms with E-state index in [4.69, 9.17) is 23.7 Å². The minimum absolute atomic E-state index is 0.0711. The lowest BCUT2D eigenvalue weighted by Crippen LogP contribution is -2.27. The largest absolute Gasteiger partial charge is 0.466 e. The van der Waals surface area contributed by atoms with Crippen LogP contribution in [0.25, 0.3) is 0 Å². The van der Waals surface area contributed by atoms with E-state index in [-0.39, 0.29) is 48.1 Å². The molecule has 2 fully saturated rings. The lowest BCUT2D eigenvalue weighted by molar-refractivity contribution is -0.149. The molecule has 0 radical (unpaired) electrons. The van der Waals surface area contributed by atoms with Crippen molar-refractivity contribution in [2.24, 2.45) is 11.8 Å². The molecule has 1 heterocycles. The summed E-state index contributed by atoms with van der Waals surface area (Å²) in [6.45, 7) is 11.1. The normalized spacial score (nSPS) is 25.0. The van der Waals surface area contributed by atoms with Crippen LogP contribution in [0.15, 0.2) is 29.3 Å². The molecule has 0 aromatic rings. The summed E-state index contributed by atoms with van der Waals surface area (Å²) in [5.41, 5.74) is 10.4. The number of allylic oxidation sites excluding steroid dienone is 1. The number of rotatable bonds is 13.